The van der Waals surface area contributed by atoms with Crippen molar-refractivity contribution in [2.24, 2.45) is 0 Å². The van der Waals surface area contributed by atoms with Gasteiger partial charge in [0.15, 0.2) is 11.0 Å². The van der Waals surface area contributed by atoms with Crippen molar-refractivity contribution in [1.29, 1.82) is 0 Å². The highest BCUT2D eigenvalue weighted by molar-refractivity contribution is 7.98. The first-order valence-electron chi connectivity index (χ1n) is 8.85. The highest BCUT2D eigenvalue weighted by Crippen LogP contribution is 2.29. The smallest absolute Gasteiger partial charge is 0.191 e. The van der Waals surface area contributed by atoms with Gasteiger partial charge < -0.3 is 8.97 Å². The van der Waals surface area contributed by atoms with Gasteiger partial charge in [-0.25, -0.2) is 4.98 Å². The summed E-state index contributed by atoms with van der Waals surface area (Å²) in [7, 11) is 0. The molecule has 0 saturated carbocycles. The van der Waals surface area contributed by atoms with Crippen LogP contribution in [0.2, 0.25) is 0 Å². The maximum Gasteiger partial charge on any atom is 0.191 e. The van der Waals surface area contributed by atoms with Gasteiger partial charge in [-0.3, -0.25) is 0 Å². The number of fused-ring (bicyclic) bond motifs is 1. The summed E-state index contributed by atoms with van der Waals surface area (Å²) in [5, 5.41) is 12.1. The number of thiophene rings is 1. The summed E-state index contributed by atoms with van der Waals surface area (Å²) in [5.74, 6) is 1.76. The Balaban J connectivity index is 1.57. The Morgan fingerprint density at radius 1 is 1.19 bits per heavy atom. The fraction of sp³-hybridized carbons (Fsp3) is 0.316. The molecule has 0 bridgehead atoms. The van der Waals surface area contributed by atoms with E-state index in [1.54, 1.807) is 23.1 Å². The van der Waals surface area contributed by atoms with Crippen molar-refractivity contribution in [3.05, 3.63) is 52.6 Å². The van der Waals surface area contributed by atoms with Crippen molar-refractivity contribution in [2.75, 3.05) is 0 Å². The SMILES string of the molecule is CCCn1c(SCc2cn3ccccc3n2)nnc1-c1csc(CC)c1. The molecule has 0 amide bonds. The number of imidazole rings is 1. The van der Waals surface area contributed by atoms with E-state index in [0.717, 1.165) is 47.5 Å². The van der Waals surface area contributed by atoms with Gasteiger partial charge in [-0.2, -0.15) is 0 Å². The van der Waals surface area contributed by atoms with Crippen molar-refractivity contribution in [3.8, 4) is 11.4 Å². The molecule has 0 N–H and O–H groups in total. The van der Waals surface area contributed by atoms with Gasteiger partial charge in [0, 0.05) is 40.5 Å². The van der Waals surface area contributed by atoms with Gasteiger partial charge in [0.1, 0.15) is 5.65 Å². The molecule has 7 heteroatoms. The quantitative estimate of drug-likeness (QED) is 0.425. The molecule has 0 fully saturated rings. The van der Waals surface area contributed by atoms with E-state index < -0.39 is 0 Å². The van der Waals surface area contributed by atoms with Gasteiger partial charge >= 0.3 is 0 Å². The molecule has 4 aromatic rings. The third-order valence-electron chi connectivity index (χ3n) is 4.19. The molecule has 0 atom stereocenters. The van der Waals surface area contributed by atoms with Crippen LogP contribution in [0.3, 0.4) is 0 Å². The molecule has 0 aliphatic carbocycles. The van der Waals surface area contributed by atoms with Crippen molar-refractivity contribution < 1.29 is 0 Å². The fourth-order valence-corrected chi connectivity index (χ4v) is 4.57. The predicted molar refractivity (Wildman–Crippen MR) is 108 cm³/mol. The minimum absolute atomic E-state index is 0.785. The third kappa shape index (κ3) is 3.41. The number of hydrogen-bond acceptors (Lipinski definition) is 5. The van der Waals surface area contributed by atoms with E-state index in [0.29, 0.717) is 0 Å². The number of rotatable bonds is 7. The van der Waals surface area contributed by atoms with Crippen molar-refractivity contribution >= 4 is 28.7 Å². The second-order valence-electron chi connectivity index (χ2n) is 6.10. The summed E-state index contributed by atoms with van der Waals surface area (Å²) in [5.41, 5.74) is 3.20. The lowest BCUT2D eigenvalue weighted by molar-refractivity contribution is 0.626. The highest BCUT2D eigenvalue weighted by atomic mass is 32.2. The summed E-state index contributed by atoms with van der Waals surface area (Å²) in [6, 6.07) is 8.28. The molecule has 0 aromatic carbocycles. The highest BCUT2D eigenvalue weighted by Gasteiger charge is 2.15. The molecule has 0 saturated heterocycles. The monoisotopic (exact) mass is 383 g/mol. The molecular weight excluding hydrogens is 362 g/mol. The summed E-state index contributed by atoms with van der Waals surface area (Å²) >= 11 is 3.49. The zero-order valence-corrected chi connectivity index (χ0v) is 16.6. The third-order valence-corrected chi connectivity index (χ3v) is 6.27. The van der Waals surface area contributed by atoms with Gasteiger partial charge in [-0.15, -0.1) is 21.5 Å². The second-order valence-corrected chi connectivity index (χ2v) is 8.04. The van der Waals surface area contributed by atoms with Crippen LogP contribution in [0.4, 0.5) is 0 Å². The Hall–Kier alpha value is -2.12. The van der Waals surface area contributed by atoms with E-state index in [9.17, 15) is 0 Å². The number of aryl methyl sites for hydroxylation is 1. The zero-order valence-electron chi connectivity index (χ0n) is 14.9. The first kappa shape index (κ1) is 17.3. The molecule has 0 unspecified atom stereocenters. The van der Waals surface area contributed by atoms with E-state index in [1.165, 1.54) is 10.4 Å². The van der Waals surface area contributed by atoms with Crippen LogP contribution in [0.25, 0.3) is 17.0 Å². The van der Waals surface area contributed by atoms with Crippen LogP contribution in [0.5, 0.6) is 0 Å². The Morgan fingerprint density at radius 3 is 2.88 bits per heavy atom. The number of hydrogen-bond donors (Lipinski definition) is 0. The summed E-state index contributed by atoms with van der Waals surface area (Å²) in [6.07, 6.45) is 6.21. The van der Waals surface area contributed by atoms with E-state index >= 15 is 0 Å². The molecule has 5 nitrogen and oxygen atoms in total. The van der Waals surface area contributed by atoms with E-state index in [2.05, 4.69) is 55.6 Å². The van der Waals surface area contributed by atoms with Gasteiger partial charge in [-0.05, 0) is 31.0 Å². The van der Waals surface area contributed by atoms with E-state index in [-0.39, 0.29) is 0 Å². The first-order chi connectivity index (χ1) is 12.8. The average molecular weight is 384 g/mol. The Morgan fingerprint density at radius 2 is 2.12 bits per heavy atom. The average Bonchev–Trinajstić information content (AvgIpc) is 3.37. The van der Waals surface area contributed by atoms with Crippen molar-refractivity contribution in [2.45, 2.75) is 44.1 Å². The maximum absolute atomic E-state index is 4.67. The van der Waals surface area contributed by atoms with Gasteiger partial charge in [0.25, 0.3) is 0 Å². The molecule has 0 aliphatic rings. The molecule has 4 aromatic heterocycles. The van der Waals surface area contributed by atoms with Crippen molar-refractivity contribution in [3.63, 3.8) is 0 Å². The van der Waals surface area contributed by atoms with E-state index in [4.69, 9.17) is 0 Å². The number of nitrogens with zero attached hydrogens (tertiary/aromatic N) is 5. The van der Waals surface area contributed by atoms with Gasteiger partial charge in [0.05, 0.1) is 5.69 Å². The van der Waals surface area contributed by atoms with Crippen LogP contribution >= 0.6 is 23.1 Å². The van der Waals surface area contributed by atoms with Crippen molar-refractivity contribution in [1.82, 2.24) is 24.1 Å². The van der Waals surface area contributed by atoms with Gasteiger partial charge in [0.2, 0.25) is 0 Å². The van der Waals surface area contributed by atoms with Crippen LogP contribution in [-0.4, -0.2) is 24.1 Å². The lowest BCUT2D eigenvalue weighted by Gasteiger charge is -2.07. The number of aromatic nitrogens is 5. The summed E-state index contributed by atoms with van der Waals surface area (Å²) in [6.45, 7) is 5.29. The fourth-order valence-electron chi connectivity index (χ4n) is 2.91. The lowest BCUT2D eigenvalue weighted by Crippen LogP contribution is -2.01. The van der Waals surface area contributed by atoms with Crippen LogP contribution < -0.4 is 0 Å². The largest absolute Gasteiger partial charge is 0.307 e. The van der Waals surface area contributed by atoms with Crippen LogP contribution in [0.1, 0.15) is 30.8 Å². The number of pyridine rings is 1. The summed E-state index contributed by atoms with van der Waals surface area (Å²) in [4.78, 5) is 6.05. The summed E-state index contributed by atoms with van der Waals surface area (Å²) < 4.78 is 4.29. The minimum atomic E-state index is 0.785. The molecule has 4 heterocycles. The van der Waals surface area contributed by atoms with Gasteiger partial charge in [-0.1, -0.05) is 31.7 Å². The first-order valence-corrected chi connectivity index (χ1v) is 10.7. The predicted octanol–water partition coefficient (Wildman–Crippen LogP) is 4.92. The maximum atomic E-state index is 4.67. The Bertz CT molecular complexity index is 981. The molecule has 0 spiro atoms. The topological polar surface area (TPSA) is 48.0 Å². The molecule has 134 valence electrons. The molecule has 26 heavy (non-hydrogen) atoms. The lowest BCUT2D eigenvalue weighted by atomic mass is 10.2. The normalized spacial score (nSPS) is 11.5. The Labute approximate surface area is 161 Å². The van der Waals surface area contributed by atoms with Crippen LogP contribution in [-0.2, 0) is 18.7 Å². The van der Waals surface area contributed by atoms with Crippen LogP contribution in [0, 0.1) is 0 Å². The Kier molecular flexibility index (Phi) is 5.08. The standard InChI is InChI=1S/C19H21N5S2/c1-3-8-24-18(14-10-16(4-2)25-12-14)21-22-19(24)26-13-15-11-23-9-6-5-7-17(23)20-15/h5-7,9-12H,3-4,8,13H2,1-2H3. The molecule has 0 radical (unpaired) electrons. The molecular formula is C19H21N5S2. The number of thioether (sulfide) groups is 1. The second kappa shape index (κ2) is 7.63. The molecule has 4 rings (SSSR count). The minimum Gasteiger partial charge on any atom is -0.307 e. The zero-order chi connectivity index (χ0) is 17.9. The van der Waals surface area contributed by atoms with E-state index in [1.807, 2.05) is 24.4 Å². The van der Waals surface area contributed by atoms with Crippen LogP contribution in [0.15, 0.2) is 47.2 Å². The molecule has 0 aliphatic heterocycles.